The van der Waals surface area contributed by atoms with Crippen LogP contribution in [0.5, 0.6) is 0 Å². The number of amides is 1. The van der Waals surface area contributed by atoms with E-state index < -0.39 is 23.9 Å². The van der Waals surface area contributed by atoms with Gasteiger partial charge in [-0.1, -0.05) is 12.0 Å². The van der Waals surface area contributed by atoms with Crippen LogP contribution in [0.3, 0.4) is 0 Å². The molecule has 32 heavy (non-hydrogen) atoms. The minimum Gasteiger partial charge on any atom is -0.454 e. The lowest BCUT2D eigenvalue weighted by Gasteiger charge is -2.24. The molecule has 2 atom stereocenters. The van der Waals surface area contributed by atoms with Crippen LogP contribution in [-0.4, -0.2) is 33.9 Å². The van der Waals surface area contributed by atoms with Crippen molar-refractivity contribution >= 4 is 45.9 Å². The second kappa shape index (κ2) is 9.76. The Bertz CT molecular complexity index is 1130. The van der Waals surface area contributed by atoms with Crippen LogP contribution in [0.25, 0.3) is 11.1 Å². The highest BCUT2D eigenvalue weighted by Gasteiger charge is 2.27. The quantitative estimate of drug-likeness (QED) is 0.352. The first-order valence-corrected chi connectivity index (χ1v) is 11.2. The summed E-state index contributed by atoms with van der Waals surface area (Å²) in [7, 11) is 0. The predicted molar refractivity (Wildman–Crippen MR) is 124 cm³/mol. The van der Waals surface area contributed by atoms with E-state index in [0.29, 0.717) is 34.8 Å². The van der Waals surface area contributed by atoms with E-state index in [0.717, 1.165) is 4.88 Å². The maximum atomic E-state index is 14.3. The maximum Gasteiger partial charge on any atom is 0.407 e. The van der Waals surface area contributed by atoms with Gasteiger partial charge in [0.15, 0.2) is 11.4 Å². The third kappa shape index (κ3) is 5.90. The Balaban J connectivity index is 1.90. The number of ether oxygens (including phenoxy) is 1. The van der Waals surface area contributed by atoms with Crippen molar-refractivity contribution in [3.05, 3.63) is 39.0 Å². The number of nitrogens with zero attached hydrogens (tertiary/aromatic N) is 2. The molecule has 0 bridgehead atoms. The van der Waals surface area contributed by atoms with Crippen LogP contribution in [0.2, 0.25) is 5.28 Å². The number of alkyl carbamates (subject to hydrolysis) is 1. The van der Waals surface area contributed by atoms with E-state index in [1.165, 1.54) is 6.92 Å². The highest BCUT2D eigenvalue weighted by molar-refractivity contribution is 7.09. The Morgan fingerprint density at radius 3 is 2.78 bits per heavy atom. The number of alkyl halides is 1. The molecule has 3 aromatic heterocycles. The Morgan fingerprint density at radius 1 is 1.44 bits per heavy atom. The number of carbonyl (C=O) groups excluding carboxylic acids is 1. The van der Waals surface area contributed by atoms with Crippen LogP contribution in [0, 0.1) is 12.3 Å². The average Bonchev–Trinajstić information content (AvgIpc) is 3.31. The summed E-state index contributed by atoms with van der Waals surface area (Å²) in [6.45, 7) is 7.02. The van der Waals surface area contributed by atoms with Gasteiger partial charge in [0.05, 0.1) is 18.2 Å². The van der Waals surface area contributed by atoms with Gasteiger partial charge in [-0.2, -0.15) is 4.98 Å². The molecule has 0 spiro atoms. The largest absolute Gasteiger partial charge is 0.454 e. The van der Waals surface area contributed by atoms with Crippen LogP contribution in [0.4, 0.5) is 15.0 Å². The van der Waals surface area contributed by atoms with Crippen molar-refractivity contribution in [3.8, 4) is 12.3 Å². The van der Waals surface area contributed by atoms with Gasteiger partial charge in [0.1, 0.15) is 23.0 Å². The molecule has 0 aliphatic rings. The molecule has 1 amide bonds. The minimum absolute atomic E-state index is 0.00248. The number of hydrogen-bond acceptors (Lipinski definition) is 7. The molecule has 0 saturated heterocycles. The van der Waals surface area contributed by atoms with E-state index in [1.54, 1.807) is 32.1 Å². The molecule has 10 heteroatoms. The summed E-state index contributed by atoms with van der Waals surface area (Å²) < 4.78 is 25.5. The molecule has 0 radical (unpaired) electrons. The Hall–Kier alpha value is -2.83. The summed E-state index contributed by atoms with van der Waals surface area (Å²) >= 11 is 7.70. The molecule has 0 aliphatic heterocycles. The van der Waals surface area contributed by atoms with Crippen molar-refractivity contribution in [1.29, 1.82) is 0 Å². The Kier molecular flexibility index (Phi) is 7.26. The third-order valence-electron chi connectivity index (χ3n) is 4.40. The fourth-order valence-electron chi connectivity index (χ4n) is 2.98. The lowest BCUT2D eigenvalue weighted by Crippen LogP contribution is -2.44. The van der Waals surface area contributed by atoms with Crippen LogP contribution in [0.1, 0.15) is 43.9 Å². The van der Waals surface area contributed by atoms with Crippen molar-refractivity contribution in [2.24, 2.45) is 0 Å². The predicted octanol–water partition coefficient (Wildman–Crippen LogP) is 5.32. The van der Waals surface area contributed by atoms with Gasteiger partial charge >= 0.3 is 6.09 Å². The van der Waals surface area contributed by atoms with Gasteiger partial charge < -0.3 is 19.8 Å². The molecule has 2 unspecified atom stereocenters. The zero-order chi connectivity index (χ0) is 23.5. The van der Waals surface area contributed by atoms with E-state index in [2.05, 4.69) is 26.5 Å². The fourth-order valence-corrected chi connectivity index (χ4v) is 3.79. The molecule has 0 aliphatic carbocycles. The van der Waals surface area contributed by atoms with Crippen LogP contribution < -0.4 is 10.6 Å². The van der Waals surface area contributed by atoms with Crippen molar-refractivity contribution in [2.75, 3.05) is 5.32 Å². The van der Waals surface area contributed by atoms with Crippen LogP contribution in [0.15, 0.2) is 21.9 Å². The summed E-state index contributed by atoms with van der Waals surface area (Å²) in [4.78, 5) is 21.7. The number of hydrogen-bond donors (Lipinski definition) is 2. The molecule has 0 fully saturated rings. The number of anilines is 1. The third-order valence-corrected chi connectivity index (χ3v) is 5.44. The first-order chi connectivity index (χ1) is 15.1. The molecule has 0 aromatic carbocycles. The summed E-state index contributed by atoms with van der Waals surface area (Å²) in [5.41, 5.74) is 0.280. The van der Waals surface area contributed by atoms with Gasteiger partial charge in [0.2, 0.25) is 5.28 Å². The molecular formula is C22H24ClFN4O3S. The van der Waals surface area contributed by atoms with Gasteiger partial charge in [-0.25, -0.2) is 14.2 Å². The number of aromatic nitrogens is 2. The molecule has 170 valence electrons. The molecule has 2 N–H and O–H groups in total. The van der Waals surface area contributed by atoms with E-state index in [1.807, 2.05) is 17.5 Å². The summed E-state index contributed by atoms with van der Waals surface area (Å²) in [6, 6.07) is 3.00. The Labute approximate surface area is 194 Å². The number of furan rings is 1. The first-order valence-electron chi connectivity index (χ1n) is 9.92. The number of rotatable bonds is 7. The second-order valence-electron chi connectivity index (χ2n) is 8.13. The van der Waals surface area contributed by atoms with Gasteiger partial charge in [-0.3, -0.25) is 0 Å². The number of thiophene rings is 1. The zero-order valence-electron chi connectivity index (χ0n) is 18.2. The number of halogens is 2. The monoisotopic (exact) mass is 478 g/mol. The van der Waals surface area contributed by atoms with Gasteiger partial charge in [-0.05, 0) is 50.7 Å². The molecule has 3 aromatic rings. The topological polar surface area (TPSA) is 89.3 Å². The van der Waals surface area contributed by atoms with Crippen molar-refractivity contribution < 1.29 is 18.3 Å². The van der Waals surface area contributed by atoms with Crippen molar-refractivity contribution in [3.63, 3.8) is 0 Å². The van der Waals surface area contributed by atoms with Gasteiger partial charge in [-0.15, -0.1) is 17.8 Å². The molecule has 3 rings (SSSR count). The second-order valence-corrected chi connectivity index (χ2v) is 9.50. The maximum absolute atomic E-state index is 14.3. The van der Waals surface area contributed by atoms with E-state index in [4.69, 9.17) is 27.2 Å². The smallest absolute Gasteiger partial charge is 0.407 e. The number of nitrogens with one attached hydrogen (secondary N) is 2. The van der Waals surface area contributed by atoms with Crippen LogP contribution in [-0.2, 0) is 17.7 Å². The summed E-state index contributed by atoms with van der Waals surface area (Å²) in [6.07, 6.45) is 3.58. The van der Waals surface area contributed by atoms with E-state index in [-0.39, 0.29) is 11.7 Å². The van der Waals surface area contributed by atoms with Crippen molar-refractivity contribution in [1.82, 2.24) is 15.3 Å². The van der Waals surface area contributed by atoms with Crippen LogP contribution >= 0.6 is 22.9 Å². The van der Waals surface area contributed by atoms with Gasteiger partial charge in [0.25, 0.3) is 0 Å². The number of fused-ring (bicyclic) bond motifs is 1. The standard InChI is InChI=1S/C22H24ClFN4O3S/c1-6-14-16(10-15(12(2)24)26-21(29)31-22(3,4)5)30-18-17(14)27-20(23)28-19(18)25-11-13-8-7-9-32-13/h1,7-9,12,15H,10-11H2,2-5H3,(H,26,29)(H,25,27,28). The lowest BCUT2D eigenvalue weighted by molar-refractivity contribution is 0.0476. The average molecular weight is 479 g/mol. The molecular weight excluding hydrogens is 455 g/mol. The van der Waals surface area contributed by atoms with E-state index >= 15 is 0 Å². The molecule has 0 saturated carbocycles. The minimum atomic E-state index is -1.40. The zero-order valence-corrected chi connectivity index (χ0v) is 19.7. The number of terminal acetylenes is 1. The first kappa shape index (κ1) is 23.8. The van der Waals surface area contributed by atoms with Crippen molar-refractivity contribution in [2.45, 2.75) is 58.5 Å². The summed E-state index contributed by atoms with van der Waals surface area (Å²) in [5, 5.41) is 7.69. The fraction of sp³-hybridized carbons (Fsp3) is 0.409. The Morgan fingerprint density at radius 2 is 2.19 bits per heavy atom. The van der Waals surface area contributed by atoms with Gasteiger partial charge in [0, 0.05) is 11.3 Å². The highest BCUT2D eigenvalue weighted by atomic mass is 35.5. The number of carbonyl (C=O) groups is 1. The normalized spacial score (nSPS) is 13.4. The SMILES string of the molecule is C#Cc1c(CC(NC(=O)OC(C)(C)C)C(C)F)oc2c(NCc3cccs3)nc(Cl)nc12. The van der Waals surface area contributed by atoms with E-state index in [9.17, 15) is 9.18 Å². The lowest BCUT2D eigenvalue weighted by atomic mass is 10.1. The summed E-state index contributed by atoms with van der Waals surface area (Å²) in [5.74, 6) is 3.21. The molecule has 7 nitrogen and oxygen atoms in total. The molecule has 3 heterocycles. The highest BCUT2D eigenvalue weighted by Crippen LogP contribution is 2.31.